The van der Waals surface area contributed by atoms with Gasteiger partial charge in [-0.15, -0.1) is 0 Å². The van der Waals surface area contributed by atoms with E-state index in [1.54, 1.807) is 0 Å². The van der Waals surface area contributed by atoms with E-state index in [-0.39, 0.29) is 0 Å². The number of aromatic nitrogens is 1. The van der Waals surface area contributed by atoms with Crippen LogP contribution in [0.3, 0.4) is 0 Å². The Morgan fingerprint density at radius 1 is 0.750 bits per heavy atom. The number of para-hydroxylation sites is 1. The molecule has 3 heteroatoms. The van der Waals surface area contributed by atoms with Gasteiger partial charge in [0, 0.05) is 16.6 Å². The summed E-state index contributed by atoms with van der Waals surface area (Å²) in [6.45, 7) is 2.00. The number of aryl methyl sites for hydroxylation is 1. The molecule has 134 valence electrons. The molecule has 3 nitrogen and oxygen atoms in total. The molecule has 0 fully saturated rings. The Hall–Kier alpha value is -3.72. The second kappa shape index (κ2) is 6.78. The lowest BCUT2D eigenvalue weighted by Gasteiger charge is -2.09. The monoisotopic (exact) mass is 361 g/mol. The molecule has 0 saturated carbocycles. The summed E-state index contributed by atoms with van der Waals surface area (Å²) in [5.74, 6) is 0. The van der Waals surface area contributed by atoms with E-state index in [4.69, 9.17) is 0 Å². The van der Waals surface area contributed by atoms with Crippen LogP contribution in [-0.4, -0.2) is 11.2 Å². The van der Waals surface area contributed by atoms with Crippen molar-refractivity contribution in [3.63, 3.8) is 0 Å². The molecule has 1 N–H and O–H groups in total. The first-order valence-corrected chi connectivity index (χ1v) is 9.35. The van der Waals surface area contributed by atoms with Gasteiger partial charge >= 0.3 is 0 Å². The molecule has 1 aromatic heterocycles. The summed E-state index contributed by atoms with van der Waals surface area (Å²) in [6.07, 6.45) is 1.93. The number of pyridine rings is 1. The highest BCUT2D eigenvalue weighted by atomic mass is 15.3. The van der Waals surface area contributed by atoms with Gasteiger partial charge in [-0.2, -0.15) is 5.10 Å². The fourth-order valence-corrected chi connectivity index (χ4v) is 3.75. The van der Waals surface area contributed by atoms with E-state index in [2.05, 4.69) is 76.2 Å². The molecule has 0 saturated heterocycles. The van der Waals surface area contributed by atoms with Crippen LogP contribution in [0.1, 0.15) is 11.3 Å². The highest BCUT2D eigenvalue weighted by molar-refractivity contribution is 6.13. The van der Waals surface area contributed by atoms with Crippen molar-refractivity contribution in [2.45, 2.75) is 6.92 Å². The van der Waals surface area contributed by atoms with Gasteiger partial charge in [-0.1, -0.05) is 66.7 Å². The summed E-state index contributed by atoms with van der Waals surface area (Å²) >= 11 is 0. The number of anilines is 1. The van der Waals surface area contributed by atoms with Crippen molar-refractivity contribution in [2.24, 2.45) is 5.10 Å². The highest BCUT2D eigenvalue weighted by Gasteiger charge is 2.06. The van der Waals surface area contributed by atoms with Crippen LogP contribution in [0.2, 0.25) is 0 Å². The maximum atomic E-state index is 4.60. The normalized spacial score (nSPS) is 11.6. The first kappa shape index (κ1) is 16.5. The van der Waals surface area contributed by atoms with Crippen molar-refractivity contribution in [1.82, 2.24) is 4.98 Å². The SMILES string of the molecule is Cc1cc(N/N=C/c2c3ccccc3cc3ccccc23)c2ccccc2n1. The zero-order valence-electron chi connectivity index (χ0n) is 15.6. The Kier molecular flexibility index (Phi) is 3.99. The highest BCUT2D eigenvalue weighted by Crippen LogP contribution is 2.28. The maximum absolute atomic E-state index is 4.60. The van der Waals surface area contributed by atoms with E-state index in [0.717, 1.165) is 27.8 Å². The Labute approximate surface area is 163 Å². The second-order valence-electron chi connectivity index (χ2n) is 6.93. The van der Waals surface area contributed by atoms with E-state index in [1.165, 1.54) is 21.5 Å². The summed E-state index contributed by atoms with van der Waals surface area (Å²) in [7, 11) is 0. The topological polar surface area (TPSA) is 37.3 Å². The summed E-state index contributed by atoms with van der Waals surface area (Å²) in [4.78, 5) is 4.59. The van der Waals surface area contributed by atoms with Crippen LogP contribution in [-0.2, 0) is 0 Å². The molecule has 0 aliphatic rings. The van der Waals surface area contributed by atoms with E-state index in [0.29, 0.717) is 0 Å². The molecule has 0 aliphatic heterocycles. The molecular weight excluding hydrogens is 342 g/mol. The predicted molar refractivity (Wildman–Crippen MR) is 119 cm³/mol. The minimum Gasteiger partial charge on any atom is -0.278 e. The van der Waals surface area contributed by atoms with Gasteiger partial charge in [0.25, 0.3) is 0 Å². The van der Waals surface area contributed by atoms with Crippen molar-refractivity contribution in [3.05, 3.63) is 96.2 Å². The van der Waals surface area contributed by atoms with Crippen LogP contribution < -0.4 is 5.43 Å². The van der Waals surface area contributed by atoms with Gasteiger partial charge in [0.2, 0.25) is 0 Å². The molecule has 0 radical (unpaired) electrons. The van der Waals surface area contributed by atoms with Crippen LogP contribution >= 0.6 is 0 Å². The first-order chi connectivity index (χ1) is 13.8. The predicted octanol–water partition coefficient (Wildman–Crippen LogP) is 6.30. The van der Waals surface area contributed by atoms with Gasteiger partial charge in [-0.05, 0) is 46.7 Å². The van der Waals surface area contributed by atoms with E-state index < -0.39 is 0 Å². The largest absolute Gasteiger partial charge is 0.278 e. The third-order valence-corrected chi connectivity index (χ3v) is 5.04. The standard InChI is InChI=1S/C25H19N3/c1-17-14-25(22-12-6-7-13-24(22)27-17)28-26-16-23-20-10-4-2-8-18(20)15-19-9-3-5-11-21(19)23/h2-16H,1H3,(H,27,28)/b26-16+. The number of rotatable bonds is 3. The molecule has 4 aromatic carbocycles. The van der Waals surface area contributed by atoms with Crippen molar-refractivity contribution in [1.29, 1.82) is 0 Å². The maximum Gasteiger partial charge on any atom is 0.0726 e. The van der Waals surface area contributed by atoms with Crippen LogP contribution in [0, 0.1) is 6.92 Å². The average Bonchev–Trinajstić information content (AvgIpc) is 2.73. The van der Waals surface area contributed by atoms with Crippen molar-refractivity contribution < 1.29 is 0 Å². The van der Waals surface area contributed by atoms with E-state index in [9.17, 15) is 0 Å². The number of hydrogen-bond donors (Lipinski definition) is 1. The lowest BCUT2D eigenvalue weighted by Crippen LogP contribution is -1.96. The second-order valence-corrected chi connectivity index (χ2v) is 6.93. The Morgan fingerprint density at radius 3 is 2.07 bits per heavy atom. The molecule has 28 heavy (non-hydrogen) atoms. The fourth-order valence-electron chi connectivity index (χ4n) is 3.75. The van der Waals surface area contributed by atoms with Gasteiger partial charge in [0.05, 0.1) is 17.4 Å². The lowest BCUT2D eigenvalue weighted by molar-refractivity contribution is 1.24. The Balaban J connectivity index is 1.61. The molecular formula is C25H19N3. The van der Waals surface area contributed by atoms with Gasteiger partial charge < -0.3 is 0 Å². The Bertz CT molecular complexity index is 1300. The molecule has 1 heterocycles. The smallest absolute Gasteiger partial charge is 0.0726 e. The number of benzene rings is 4. The third-order valence-electron chi connectivity index (χ3n) is 5.04. The van der Waals surface area contributed by atoms with Gasteiger partial charge in [0.15, 0.2) is 0 Å². The number of hydrazone groups is 1. The van der Waals surface area contributed by atoms with Gasteiger partial charge in [-0.3, -0.25) is 10.4 Å². The van der Waals surface area contributed by atoms with Crippen molar-refractivity contribution in [2.75, 3.05) is 5.43 Å². The molecule has 0 aliphatic carbocycles. The van der Waals surface area contributed by atoms with Gasteiger partial charge in [-0.25, -0.2) is 0 Å². The summed E-state index contributed by atoms with van der Waals surface area (Å²) < 4.78 is 0. The zero-order chi connectivity index (χ0) is 18.9. The van der Waals surface area contributed by atoms with Crippen LogP contribution in [0.5, 0.6) is 0 Å². The molecule has 0 bridgehead atoms. The minimum absolute atomic E-state index is 0.962. The third kappa shape index (κ3) is 2.87. The first-order valence-electron chi connectivity index (χ1n) is 9.35. The summed E-state index contributed by atoms with van der Waals surface area (Å²) in [6, 6.07) is 29.2. The van der Waals surface area contributed by atoms with Crippen molar-refractivity contribution >= 4 is 44.3 Å². The number of fused-ring (bicyclic) bond motifs is 3. The molecule has 0 spiro atoms. The molecule has 5 rings (SSSR count). The van der Waals surface area contributed by atoms with Crippen LogP contribution in [0.25, 0.3) is 32.4 Å². The van der Waals surface area contributed by atoms with Crippen LogP contribution in [0.4, 0.5) is 5.69 Å². The fraction of sp³-hybridized carbons (Fsp3) is 0.0400. The van der Waals surface area contributed by atoms with Gasteiger partial charge in [0.1, 0.15) is 0 Å². The Morgan fingerprint density at radius 2 is 1.36 bits per heavy atom. The molecule has 0 unspecified atom stereocenters. The molecule has 5 aromatic rings. The lowest BCUT2D eigenvalue weighted by atomic mass is 9.97. The summed E-state index contributed by atoms with van der Waals surface area (Å²) in [5.41, 5.74) is 7.25. The quantitative estimate of drug-likeness (QED) is 0.233. The van der Waals surface area contributed by atoms with E-state index in [1.807, 2.05) is 37.4 Å². The van der Waals surface area contributed by atoms with E-state index >= 15 is 0 Å². The zero-order valence-corrected chi connectivity index (χ0v) is 15.6. The number of nitrogens with one attached hydrogen (secondary N) is 1. The van der Waals surface area contributed by atoms with Crippen LogP contribution in [0.15, 0.2) is 90.0 Å². The minimum atomic E-state index is 0.962. The number of hydrogen-bond acceptors (Lipinski definition) is 3. The van der Waals surface area contributed by atoms with Crippen molar-refractivity contribution in [3.8, 4) is 0 Å². The average molecular weight is 361 g/mol. The molecule has 0 amide bonds. The molecule has 0 atom stereocenters. The summed E-state index contributed by atoms with van der Waals surface area (Å²) in [5, 5.41) is 10.5. The number of nitrogens with zero attached hydrogens (tertiary/aromatic N) is 2.